The van der Waals surface area contributed by atoms with Crippen LogP contribution in [0.4, 0.5) is 5.69 Å². The molecule has 1 aromatic rings. The first kappa shape index (κ1) is 14.8. The average Bonchev–Trinajstić information content (AvgIpc) is 3.38. The van der Waals surface area contributed by atoms with Gasteiger partial charge in [-0.15, -0.1) is 0 Å². The highest BCUT2D eigenvalue weighted by Crippen LogP contribution is 2.48. The van der Waals surface area contributed by atoms with E-state index < -0.39 is 4.92 Å². The van der Waals surface area contributed by atoms with E-state index in [1.807, 2.05) is 0 Å². The minimum absolute atomic E-state index is 0.00990. The van der Waals surface area contributed by atoms with Crippen molar-refractivity contribution in [2.24, 2.45) is 11.7 Å². The number of nitro benzene ring substituents is 1. The van der Waals surface area contributed by atoms with Crippen LogP contribution >= 0.6 is 0 Å². The summed E-state index contributed by atoms with van der Waals surface area (Å²) in [5, 5.41) is 29.6. The molecule has 114 valence electrons. The Morgan fingerprint density at radius 2 is 1.83 bits per heavy atom. The van der Waals surface area contributed by atoms with Gasteiger partial charge in [0, 0.05) is 18.1 Å². The lowest BCUT2D eigenvalue weighted by molar-refractivity contribution is -0.384. The average molecular weight is 306 g/mol. The topological polar surface area (TPSA) is 117 Å². The molecule has 1 saturated carbocycles. The lowest BCUT2D eigenvalue weighted by atomic mass is 9.77. The minimum Gasteiger partial charge on any atom is -0.397 e. The van der Waals surface area contributed by atoms with Crippen molar-refractivity contribution in [2.45, 2.75) is 25.2 Å². The third kappa shape index (κ3) is 2.56. The number of nitro groups is 1. The molecule has 2 aliphatic rings. The molecule has 0 saturated heterocycles. The maximum absolute atomic E-state index is 10.8. The van der Waals surface area contributed by atoms with Crippen molar-refractivity contribution >= 4 is 5.69 Å². The second kappa shape index (κ2) is 5.58. The van der Waals surface area contributed by atoms with Crippen LogP contribution in [-0.4, -0.2) is 4.92 Å². The van der Waals surface area contributed by atoms with Crippen molar-refractivity contribution in [3.05, 3.63) is 62.4 Å². The summed E-state index contributed by atoms with van der Waals surface area (Å²) in [5.41, 5.74) is 8.99. The van der Waals surface area contributed by atoms with Crippen molar-refractivity contribution in [1.82, 2.24) is 0 Å². The van der Waals surface area contributed by atoms with Gasteiger partial charge in [0.05, 0.1) is 27.8 Å². The molecule has 0 aliphatic heterocycles. The highest BCUT2D eigenvalue weighted by atomic mass is 16.6. The van der Waals surface area contributed by atoms with Gasteiger partial charge in [-0.1, -0.05) is 12.1 Å². The van der Waals surface area contributed by atoms with Gasteiger partial charge in [-0.2, -0.15) is 10.5 Å². The fourth-order valence-corrected chi connectivity index (χ4v) is 3.11. The number of rotatable bonds is 3. The zero-order valence-electron chi connectivity index (χ0n) is 12.3. The lowest BCUT2D eigenvalue weighted by Gasteiger charge is -2.26. The van der Waals surface area contributed by atoms with Gasteiger partial charge in [0.2, 0.25) is 0 Å². The number of hydrogen-bond donors (Lipinski definition) is 1. The number of allylic oxidation sites excluding steroid dienone is 3. The van der Waals surface area contributed by atoms with Gasteiger partial charge in [-0.3, -0.25) is 10.1 Å². The molecule has 2 N–H and O–H groups in total. The lowest BCUT2D eigenvalue weighted by Crippen LogP contribution is -2.19. The highest BCUT2D eigenvalue weighted by molar-refractivity contribution is 5.58. The smallest absolute Gasteiger partial charge is 0.269 e. The third-order valence-corrected chi connectivity index (χ3v) is 4.46. The summed E-state index contributed by atoms with van der Waals surface area (Å²) in [7, 11) is 0. The third-order valence-electron chi connectivity index (χ3n) is 4.46. The Bertz CT molecular complexity index is 818. The van der Waals surface area contributed by atoms with E-state index in [2.05, 4.69) is 12.1 Å². The predicted octanol–water partition coefficient (Wildman–Crippen LogP) is 3.05. The summed E-state index contributed by atoms with van der Waals surface area (Å²) >= 11 is 0. The number of benzene rings is 1. The molecule has 1 fully saturated rings. The Kier molecular flexibility index (Phi) is 3.59. The first-order valence-corrected chi connectivity index (χ1v) is 7.34. The van der Waals surface area contributed by atoms with Crippen molar-refractivity contribution in [3.8, 4) is 12.1 Å². The number of non-ortho nitro benzene ring substituents is 1. The maximum Gasteiger partial charge on any atom is 0.269 e. The molecule has 6 nitrogen and oxygen atoms in total. The van der Waals surface area contributed by atoms with Crippen molar-refractivity contribution in [1.29, 1.82) is 10.5 Å². The van der Waals surface area contributed by atoms with Crippen molar-refractivity contribution in [2.75, 3.05) is 0 Å². The van der Waals surface area contributed by atoms with E-state index in [0.29, 0.717) is 23.5 Å². The first-order valence-electron chi connectivity index (χ1n) is 7.34. The van der Waals surface area contributed by atoms with Crippen LogP contribution in [-0.2, 0) is 0 Å². The molecule has 23 heavy (non-hydrogen) atoms. The number of nitrogens with two attached hydrogens (primary N) is 1. The van der Waals surface area contributed by atoms with Crippen LogP contribution in [0.1, 0.15) is 30.7 Å². The predicted molar refractivity (Wildman–Crippen MR) is 82.6 cm³/mol. The van der Waals surface area contributed by atoms with Gasteiger partial charge in [0.1, 0.15) is 6.07 Å². The summed E-state index contributed by atoms with van der Waals surface area (Å²) in [4.78, 5) is 10.3. The molecular formula is C17H14N4O2. The Hall–Kier alpha value is -3.12. The van der Waals surface area contributed by atoms with Crippen LogP contribution in [0.5, 0.6) is 0 Å². The SMILES string of the molecule is N#CC1=C(C2CC2)CC(c2ccc([N+](=O)[O-])cc2)C(C#N)=C1N. The summed E-state index contributed by atoms with van der Waals surface area (Å²) < 4.78 is 0. The monoisotopic (exact) mass is 306 g/mol. The van der Waals surface area contributed by atoms with Gasteiger partial charge in [-0.05, 0) is 36.3 Å². The van der Waals surface area contributed by atoms with E-state index in [1.54, 1.807) is 12.1 Å². The summed E-state index contributed by atoms with van der Waals surface area (Å²) in [6.45, 7) is 0. The van der Waals surface area contributed by atoms with E-state index in [0.717, 1.165) is 24.0 Å². The van der Waals surface area contributed by atoms with Crippen LogP contribution in [0.2, 0.25) is 0 Å². The van der Waals surface area contributed by atoms with E-state index in [4.69, 9.17) is 5.73 Å². The molecule has 0 amide bonds. The summed E-state index contributed by atoms with van der Waals surface area (Å²) in [5.74, 6) is 0.137. The molecule has 0 radical (unpaired) electrons. The molecule has 0 heterocycles. The molecule has 3 rings (SSSR count). The van der Waals surface area contributed by atoms with Crippen molar-refractivity contribution < 1.29 is 4.92 Å². The van der Waals surface area contributed by atoms with Gasteiger partial charge in [0.25, 0.3) is 5.69 Å². The Morgan fingerprint density at radius 1 is 1.17 bits per heavy atom. The van der Waals surface area contributed by atoms with E-state index in [-0.39, 0.29) is 17.3 Å². The fraction of sp³-hybridized carbons (Fsp3) is 0.294. The maximum atomic E-state index is 10.8. The number of nitriles is 2. The standard InChI is InChI=1S/C17H14N4O2/c18-8-15-13(10-1-2-10)7-14(16(9-19)17(15)20)11-3-5-12(6-4-11)21(22)23/h3-6,10,14H,1-2,7,20H2. The van der Waals surface area contributed by atoms with Crippen LogP contribution in [0.25, 0.3) is 0 Å². The Labute approximate surface area is 133 Å². The second-order valence-corrected chi connectivity index (χ2v) is 5.83. The minimum atomic E-state index is -0.455. The number of hydrogen-bond acceptors (Lipinski definition) is 5. The zero-order chi connectivity index (χ0) is 16.6. The molecule has 0 bridgehead atoms. The second-order valence-electron chi connectivity index (χ2n) is 5.83. The molecule has 0 spiro atoms. The first-order chi connectivity index (χ1) is 11.1. The molecule has 1 unspecified atom stereocenters. The van der Waals surface area contributed by atoms with Gasteiger partial charge < -0.3 is 5.73 Å². The normalized spacial score (nSPS) is 20.9. The van der Waals surface area contributed by atoms with Crippen LogP contribution in [0.15, 0.2) is 46.7 Å². The highest BCUT2D eigenvalue weighted by Gasteiger charge is 2.36. The summed E-state index contributed by atoms with van der Waals surface area (Å²) in [6, 6.07) is 10.4. The van der Waals surface area contributed by atoms with E-state index in [1.165, 1.54) is 12.1 Å². The van der Waals surface area contributed by atoms with Crippen LogP contribution in [0, 0.1) is 38.7 Å². The molecular weight excluding hydrogens is 292 g/mol. The molecule has 6 heteroatoms. The van der Waals surface area contributed by atoms with Crippen LogP contribution < -0.4 is 5.73 Å². The van der Waals surface area contributed by atoms with Crippen molar-refractivity contribution in [3.63, 3.8) is 0 Å². The Balaban J connectivity index is 2.04. The fourth-order valence-electron chi connectivity index (χ4n) is 3.11. The Morgan fingerprint density at radius 3 is 2.30 bits per heavy atom. The summed E-state index contributed by atoms with van der Waals surface area (Å²) in [6.07, 6.45) is 2.67. The number of nitrogens with zero attached hydrogens (tertiary/aromatic N) is 3. The molecule has 1 atom stereocenters. The van der Waals surface area contributed by atoms with Gasteiger partial charge in [-0.25, -0.2) is 0 Å². The van der Waals surface area contributed by atoms with Gasteiger partial charge >= 0.3 is 0 Å². The largest absolute Gasteiger partial charge is 0.397 e. The zero-order valence-corrected chi connectivity index (χ0v) is 12.3. The molecule has 0 aromatic heterocycles. The molecule has 2 aliphatic carbocycles. The quantitative estimate of drug-likeness (QED) is 0.680. The van der Waals surface area contributed by atoms with Gasteiger partial charge in [0.15, 0.2) is 0 Å². The van der Waals surface area contributed by atoms with E-state index in [9.17, 15) is 20.6 Å². The van der Waals surface area contributed by atoms with Crippen LogP contribution in [0.3, 0.4) is 0 Å². The molecule has 1 aromatic carbocycles. The van der Waals surface area contributed by atoms with E-state index >= 15 is 0 Å².